The van der Waals surface area contributed by atoms with E-state index in [1.54, 1.807) is 0 Å². The molecule has 3 nitrogen and oxygen atoms in total. The Bertz CT molecular complexity index is 308. The number of rotatable bonds is 11. The maximum atomic E-state index is 12.4. The van der Waals surface area contributed by atoms with Crippen molar-refractivity contribution in [2.45, 2.75) is 73.6 Å². The van der Waals surface area contributed by atoms with Crippen molar-refractivity contribution in [2.24, 2.45) is 23.7 Å². The van der Waals surface area contributed by atoms with Crippen LogP contribution < -0.4 is 0 Å². The van der Waals surface area contributed by atoms with Gasteiger partial charge in [-0.15, -0.1) is 0 Å². The van der Waals surface area contributed by atoms with Gasteiger partial charge in [0.25, 0.3) is 0 Å². The third-order valence-electron chi connectivity index (χ3n) is 4.06. The van der Waals surface area contributed by atoms with Crippen molar-refractivity contribution in [2.75, 3.05) is 6.61 Å². The molecule has 0 amide bonds. The van der Waals surface area contributed by atoms with Gasteiger partial charge in [-0.1, -0.05) is 60.8 Å². The van der Waals surface area contributed by atoms with E-state index >= 15 is 0 Å². The van der Waals surface area contributed by atoms with Crippen LogP contribution in [-0.2, 0) is 14.3 Å². The van der Waals surface area contributed by atoms with Crippen LogP contribution in [0.3, 0.4) is 0 Å². The van der Waals surface area contributed by atoms with Crippen molar-refractivity contribution in [3.63, 3.8) is 0 Å². The molecule has 0 spiro atoms. The zero-order valence-corrected chi connectivity index (χ0v) is 14.8. The molecule has 0 N–H and O–H groups in total. The second kappa shape index (κ2) is 10.8. The molecular weight excluding hydrogens is 264 g/mol. The van der Waals surface area contributed by atoms with Gasteiger partial charge in [0.05, 0.1) is 12.5 Å². The van der Waals surface area contributed by atoms with Crippen LogP contribution in [0.1, 0.15) is 73.6 Å². The molecular formula is C18H34O3. The summed E-state index contributed by atoms with van der Waals surface area (Å²) in [4.78, 5) is 24.6. The Morgan fingerprint density at radius 2 is 1.43 bits per heavy atom. The topological polar surface area (TPSA) is 43.4 Å². The van der Waals surface area contributed by atoms with Crippen LogP contribution in [0.25, 0.3) is 0 Å². The fourth-order valence-corrected chi connectivity index (χ4v) is 2.85. The molecule has 124 valence electrons. The Morgan fingerprint density at radius 3 is 1.86 bits per heavy atom. The summed E-state index contributed by atoms with van der Waals surface area (Å²) in [5.74, 6) is -0.274. The summed E-state index contributed by atoms with van der Waals surface area (Å²) in [6, 6.07) is 0. The lowest BCUT2D eigenvalue weighted by Crippen LogP contribution is -2.38. The molecule has 0 aliphatic rings. The highest BCUT2D eigenvalue weighted by molar-refractivity contribution is 5.87. The fraction of sp³-hybridized carbons (Fsp3) is 0.889. The van der Waals surface area contributed by atoms with E-state index in [2.05, 4.69) is 6.92 Å². The Morgan fingerprint density at radius 1 is 0.857 bits per heavy atom. The molecule has 0 heterocycles. The van der Waals surface area contributed by atoms with Crippen LogP contribution in [0.2, 0.25) is 0 Å². The van der Waals surface area contributed by atoms with Crippen LogP contribution in [0.15, 0.2) is 0 Å². The molecule has 21 heavy (non-hydrogen) atoms. The van der Waals surface area contributed by atoms with Crippen LogP contribution >= 0.6 is 0 Å². The van der Waals surface area contributed by atoms with Gasteiger partial charge in [-0.2, -0.15) is 0 Å². The SMILES string of the molecule is CCCCCCOC(=O)C(C(C)C)C(C(=O)CC)C(C)C. The average Bonchev–Trinajstić information content (AvgIpc) is 2.42. The van der Waals surface area contributed by atoms with E-state index in [0.717, 1.165) is 12.8 Å². The van der Waals surface area contributed by atoms with Gasteiger partial charge in [-0.3, -0.25) is 9.59 Å². The maximum Gasteiger partial charge on any atom is 0.309 e. The largest absolute Gasteiger partial charge is 0.465 e. The minimum absolute atomic E-state index is 0.121. The van der Waals surface area contributed by atoms with Gasteiger partial charge in [0.15, 0.2) is 0 Å². The first kappa shape index (κ1) is 20.1. The molecule has 0 aliphatic carbocycles. The van der Waals surface area contributed by atoms with E-state index in [0.29, 0.717) is 13.0 Å². The predicted octanol–water partition coefficient (Wildman–Crippen LogP) is 4.63. The van der Waals surface area contributed by atoms with E-state index in [9.17, 15) is 9.59 Å². The Labute approximate surface area is 130 Å². The first-order valence-corrected chi connectivity index (χ1v) is 8.56. The highest BCUT2D eigenvalue weighted by Crippen LogP contribution is 2.30. The molecule has 0 fully saturated rings. The second-order valence-electron chi connectivity index (χ2n) is 6.59. The van der Waals surface area contributed by atoms with Gasteiger partial charge in [-0.25, -0.2) is 0 Å². The number of carbonyl (C=O) groups is 2. The van der Waals surface area contributed by atoms with Gasteiger partial charge in [0.1, 0.15) is 5.78 Å². The molecule has 0 aromatic rings. The molecule has 0 aliphatic heterocycles. The summed E-state index contributed by atoms with van der Waals surface area (Å²) in [5, 5.41) is 0. The monoisotopic (exact) mass is 298 g/mol. The first-order valence-electron chi connectivity index (χ1n) is 8.56. The van der Waals surface area contributed by atoms with E-state index in [4.69, 9.17) is 4.74 Å². The van der Waals surface area contributed by atoms with Gasteiger partial charge in [0.2, 0.25) is 0 Å². The molecule has 0 bridgehead atoms. The highest BCUT2D eigenvalue weighted by atomic mass is 16.5. The summed E-state index contributed by atoms with van der Waals surface area (Å²) in [5.41, 5.74) is 0. The standard InChI is InChI=1S/C18H34O3/c1-7-9-10-11-12-21-18(20)17(14(5)6)16(13(3)4)15(19)8-2/h13-14,16-17H,7-12H2,1-6H3. The minimum Gasteiger partial charge on any atom is -0.465 e. The van der Waals surface area contributed by atoms with Gasteiger partial charge in [-0.05, 0) is 18.3 Å². The molecule has 0 aromatic heterocycles. The van der Waals surface area contributed by atoms with Crippen molar-refractivity contribution in [1.29, 1.82) is 0 Å². The maximum absolute atomic E-state index is 12.4. The summed E-state index contributed by atoms with van der Waals surface area (Å²) < 4.78 is 5.45. The Balaban J connectivity index is 4.70. The molecule has 0 aromatic carbocycles. The molecule has 2 unspecified atom stereocenters. The third-order valence-corrected chi connectivity index (χ3v) is 4.06. The number of Topliss-reactive ketones (excluding diaryl/α,β-unsaturated/α-hetero) is 1. The lowest BCUT2D eigenvalue weighted by Gasteiger charge is -2.30. The molecule has 0 saturated carbocycles. The average molecular weight is 298 g/mol. The van der Waals surface area contributed by atoms with Crippen LogP contribution in [0.4, 0.5) is 0 Å². The number of carbonyl (C=O) groups excluding carboxylic acids is 2. The van der Waals surface area contributed by atoms with E-state index in [-0.39, 0.29) is 35.4 Å². The number of ketones is 1. The zero-order chi connectivity index (χ0) is 16.4. The van der Waals surface area contributed by atoms with Gasteiger partial charge in [0, 0.05) is 12.3 Å². The second-order valence-corrected chi connectivity index (χ2v) is 6.59. The summed E-state index contributed by atoms with van der Waals surface area (Å²) in [7, 11) is 0. The van der Waals surface area contributed by atoms with Crippen molar-refractivity contribution >= 4 is 11.8 Å². The summed E-state index contributed by atoms with van der Waals surface area (Å²) in [6.45, 7) is 12.5. The third kappa shape index (κ3) is 7.10. The number of hydrogen-bond donors (Lipinski definition) is 0. The molecule has 2 atom stereocenters. The Hall–Kier alpha value is -0.860. The van der Waals surface area contributed by atoms with Gasteiger partial charge >= 0.3 is 5.97 Å². The molecule has 0 saturated heterocycles. The highest BCUT2D eigenvalue weighted by Gasteiger charge is 2.37. The number of esters is 1. The lowest BCUT2D eigenvalue weighted by atomic mass is 9.74. The quantitative estimate of drug-likeness (QED) is 0.412. The normalized spacial score (nSPS) is 14.3. The van der Waals surface area contributed by atoms with Crippen molar-refractivity contribution in [3.8, 4) is 0 Å². The lowest BCUT2D eigenvalue weighted by molar-refractivity contribution is -0.156. The Kier molecular flexibility index (Phi) is 10.4. The van der Waals surface area contributed by atoms with E-state index < -0.39 is 0 Å². The van der Waals surface area contributed by atoms with E-state index in [1.807, 2.05) is 34.6 Å². The summed E-state index contributed by atoms with van der Waals surface area (Å²) >= 11 is 0. The van der Waals surface area contributed by atoms with Crippen LogP contribution in [-0.4, -0.2) is 18.4 Å². The predicted molar refractivity (Wildman–Crippen MR) is 87.1 cm³/mol. The number of unbranched alkanes of at least 4 members (excludes halogenated alkanes) is 3. The van der Waals surface area contributed by atoms with Crippen LogP contribution in [0.5, 0.6) is 0 Å². The van der Waals surface area contributed by atoms with Crippen LogP contribution in [0, 0.1) is 23.7 Å². The number of hydrogen-bond acceptors (Lipinski definition) is 3. The first-order chi connectivity index (χ1) is 9.86. The minimum atomic E-state index is -0.316. The smallest absolute Gasteiger partial charge is 0.309 e. The molecule has 3 heteroatoms. The van der Waals surface area contributed by atoms with Gasteiger partial charge < -0.3 is 4.74 Å². The van der Waals surface area contributed by atoms with Crippen molar-refractivity contribution in [3.05, 3.63) is 0 Å². The molecule has 0 rings (SSSR count). The van der Waals surface area contributed by atoms with E-state index in [1.165, 1.54) is 12.8 Å². The van der Waals surface area contributed by atoms with Crippen molar-refractivity contribution < 1.29 is 14.3 Å². The zero-order valence-electron chi connectivity index (χ0n) is 14.8. The fourth-order valence-electron chi connectivity index (χ4n) is 2.85. The summed E-state index contributed by atoms with van der Waals surface area (Å²) in [6.07, 6.45) is 4.84. The molecule has 0 radical (unpaired) electrons. The van der Waals surface area contributed by atoms with Crippen molar-refractivity contribution in [1.82, 2.24) is 0 Å². The number of ether oxygens (including phenoxy) is 1.